The number of amides is 2. The number of ketones is 1. The highest BCUT2D eigenvalue weighted by Gasteiger charge is 2.47. The normalized spacial score (nSPS) is 24.9. The fourth-order valence-electron chi connectivity index (χ4n) is 3.43. The molecule has 2 rings (SSSR count). The summed E-state index contributed by atoms with van der Waals surface area (Å²) in [6.45, 7) is 12.2. The Bertz CT molecular complexity index is 637. The topological polar surface area (TPSA) is 92.5 Å². The number of likely N-dealkylation sites (tertiary alicyclic amines) is 1. The van der Waals surface area contributed by atoms with Gasteiger partial charge in [-0.1, -0.05) is 65.8 Å². The van der Waals surface area contributed by atoms with Crippen LogP contribution in [0.15, 0.2) is 24.3 Å². The number of carbonyl (C=O) groups excluding carboxylic acids is 3. The Balaban J connectivity index is 2.12. The minimum Gasteiger partial charge on any atom is -0.310 e. The molecule has 1 fully saturated rings. The Morgan fingerprint density at radius 3 is 1.96 bits per heavy atom. The molecule has 27 heavy (non-hydrogen) atoms. The Kier molecular flexibility index (Phi) is 6.12. The maximum absolute atomic E-state index is 12.7. The number of hydrogen-bond donors (Lipinski definition) is 2. The average Bonchev–Trinajstić information content (AvgIpc) is 2.77. The van der Waals surface area contributed by atoms with Gasteiger partial charge in [-0.15, -0.1) is 0 Å². The molecule has 6 nitrogen and oxygen atoms in total. The van der Waals surface area contributed by atoms with E-state index in [2.05, 4.69) is 5.32 Å². The first-order valence-corrected chi connectivity index (χ1v) is 9.56. The van der Waals surface area contributed by atoms with Crippen LogP contribution in [0.1, 0.15) is 48.0 Å². The number of nitrogens with zero attached hydrogens (tertiary/aromatic N) is 1. The van der Waals surface area contributed by atoms with Crippen molar-refractivity contribution < 1.29 is 14.4 Å². The highest BCUT2D eigenvalue weighted by molar-refractivity contribution is 6.07. The molecule has 0 bridgehead atoms. The second kappa shape index (κ2) is 7.68. The molecule has 150 valence electrons. The van der Waals surface area contributed by atoms with Gasteiger partial charge in [-0.05, 0) is 10.8 Å². The summed E-state index contributed by atoms with van der Waals surface area (Å²) in [5.74, 6) is -1.28. The zero-order valence-corrected chi connectivity index (χ0v) is 17.3. The molecule has 0 aromatic heterocycles. The van der Waals surface area contributed by atoms with Crippen molar-refractivity contribution >= 4 is 17.6 Å². The van der Waals surface area contributed by atoms with Gasteiger partial charge in [-0.3, -0.25) is 24.6 Å². The quantitative estimate of drug-likeness (QED) is 0.547. The van der Waals surface area contributed by atoms with Crippen LogP contribution in [0.4, 0.5) is 0 Å². The van der Waals surface area contributed by atoms with E-state index in [0.717, 1.165) is 0 Å². The number of Topliss-reactive ketones (excluding diaryl/α,β-unsaturated/α-hetero) is 1. The van der Waals surface area contributed by atoms with Gasteiger partial charge in [0, 0.05) is 19.0 Å². The molecule has 0 aromatic carbocycles. The van der Waals surface area contributed by atoms with E-state index >= 15 is 0 Å². The van der Waals surface area contributed by atoms with Crippen molar-refractivity contribution in [2.75, 3.05) is 6.54 Å². The largest absolute Gasteiger partial charge is 0.310 e. The van der Waals surface area contributed by atoms with Gasteiger partial charge in [0.1, 0.15) is 6.17 Å². The van der Waals surface area contributed by atoms with Gasteiger partial charge >= 0.3 is 0 Å². The first kappa shape index (κ1) is 21.5. The zero-order valence-electron chi connectivity index (χ0n) is 17.3. The van der Waals surface area contributed by atoms with Crippen molar-refractivity contribution in [1.29, 1.82) is 0 Å². The smallest absolute Gasteiger partial charge is 0.237 e. The lowest BCUT2D eigenvalue weighted by molar-refractivity contribution is -0.140. The fourth-order valence-corrected chi connectivity index (χ4v) is 3.43. The molecule has 6 heteroatoms. The molecular formula is C21H33N3O3. The van der Waals surface area contributed by atoms with Gasteiger partial charge in [0.2, 0.25) is 11.8 Å². The van der Waals surface area contributed by atoms with E-state index < -0.39 is 18.0 Å². The van der Waals surface area contributed by atoms with Crippen LogP contribution in [-0.4, -0.2) is 41.2 Å². The Morgan fingerprint density at radius 2 is 1.56 bits per heavy atom. The van der Waals surface area contributed by atoms with Crippen LogP contribution >= 0.6 is 0 Å². The number of imide groups is 1. The van der Waals surface area contributed by atoms with Gasteiger partial charge in [-0.25, -0.2) is 0 Å². The molecule has 0 spiro atoms. The Hall–Kier alpha value is -1.79. The van der Waals surface area contributed by atoms with E-state index in [1.165, 1.54) is 4.90 Å². The SMILES string of the molecule is CC(C)(C)CC(=O)C(N)N[C@H](CN1C(=O)C2C=CC=CC2C1=O)C(C)(C)C. The maximum atomic E-state index is 12.7. The first-order chi connectivity index (χ1) is 12.3. The predicted octanol–water partition coefficient (Wildman–Crippen LogP) is 2.01. The lowest BCUT2D eigenvalue weighted by atomic mass is 9.85. The van der Waals surface area contributed by atoms with E-state index in [9.17, 15) is 14.4 Å². The van der Waals surface area contributed by atoms with E-state index in [-0.39, 0.29) is 41.0 Å². The van der Waals surface area contributed by atoms with Crippen LogP contribution in [0.2, 0.25) is 0 Å². The van der Waals surface area contributed by atoms with Crippen LogP contribution in [0.25, 0.3) is 0 Å². The molecule has 0 radical (unpaired) electrons. The summed E-state index contributed by atoms with van der Waals surface area (Å²) in [5, 5.41) is 3.17. The van der Waals surface area contributed by atoms with Crippen molar-refractivity contribution in [1.82, 2.24) is 10.2 Å². The molecule has 2 aliphatic rings. The summed E-state index contributed by atoms with van der Waals surface area (Å²) in [4.78, 5) is 39.2. The standard InChI is InChI=1S/C21H33N3O3/c1-20(2,3)11-15(25)17(22)23-16(21(4,5)6)12-24-18(26)13-9-7-8-10-14(13)19(24)27/h7-10,13-14,16-17,23H,11-12,22H2,1-6H3/t13?,14?,16-,17?/m1/s1. The molecule has 4 atom stereocenters. The van der Waals surface area contributed by atoms with Crippen molar-refractivity contribution in [3.63, 3.8) is 0 Å². The predicted molar refractivity (Wildman–Crippen MR) is 105 cm³/mol. The summed E-state index contributed by atoms with van der Waals surface area (Å²) < 4.78 is 0. The molecule has 1 heterocycles. The number of allylic oxidation sites excluding steroid dienone is 2. The van der Waals surface area contributed by atoms with E-state index in [1.54, 1.807) is 24.3 Å². The van der Waals surface area contributed by atoms with Crippen LogP contribution in [0.3, 0.4) is 0 Å². The molecule has 0 saturated carbocycles. The van der Waals surface area contributed by atoms with Gasteiger partial charge < -0.3 is 5.73 Å². The molecule has 1 saturated heterocycles. The monoisotopic (exact) mass is 375 g/mol. The number of nitrogens with two attached hydrogens (primary N) is 1. The third-order valence-electron chi connectivity index (χ3n) is 5.08. The third-order valence-corrected chi connectivity index (χ3v) is 5.08. The lowest BCUT2D eigenvalue weighted by Crippen LogP contribution is -2.58. The Morgan fingerprint density at radius 1 is 1.07 bits per heavy atom. The summed E-state index contributed by atoms with van der Waals surface area (Å²) in [5.41, 5.74) is 5.67. The van der Waals surface area contributed by atoms with Crippen LogP contribution in [0.5, 0.6) is 0 Å². The van der Waals surface area contributed by atoms with Crippen LogP contribution < -0.4 is 11.1 Å². The summed E-state index contributed by atoms with van der Waals surface area (Å²) >= 11 is 0. The summed E-state index contributed by atoms with van der Waals surface area (Å²) in [6, 6.07) is -0.294. The number of carbonyl (C=O) groups is 3. The molecule has 3 N–H and O–H groups in total. The summed E-state index contributed by atoms with van der Waals surface area (Å²) in [7, 11) is 0. The highest BCUT2D eigenvalue weighted by Crippen LogP contribution is 2.32. The van der Waals surface area contributed by atoms with Crippen molar-refractivity contribution in [2.24, 2.45) is 28.4 Å². The molecule has 0 aromatic rings. The minimum absolute atomic E-state index is 0.0737. The highest BCUT2D eigenvalue weighted by atomic mass is 16.2. The fraction of sp³-hybridized carbons (Fsp3) is 0.667. The minimum atomic E-state index is -0.830. The van der Waals surface area contributed by atoms with E-state index in [0.29, 0.717) is 6.42 Å². The molecule has 1 aliphatic carbocycles. The Labute approximate surface area is 162 Å². The van der Waals surface area contributed by atoms with Crippen molar-refractivity contribution in [3.05, 3.63) is 24.3 Å². The zero-order chi connectivity index (χ0) is 20.6. The number of fused-ring (bicyclic) bond motifs is 1. The summed E-state index contributed by atoms with van der Waals surface area (Å²) in [6.07, 6.45) is 6.70. The van der Waals surface area contributed by atoms with Crippen molar-refractivity contribution in [3.8, 4) is 0 Å². The van der Waals surface area contributed by atoms with Gasteiger partial charge in [0.25, 0.3) is 0 Å². The lowest BCUT2D eigenvalue weighted by Gasteiger charge is -2.36. The number of hydrogen-bond acceptors (Lipinski definition) is 5. The second-order valence-corrected chi connectivity index (χ2v) is 9.88. The van der Waals surface area contributed by atoms with Crippen molar-refractivity contribution in [2.45, 2.75) is 60.2 Å². The van der Waals surface area contributed by atoms with E-state index in [1.807, 2.05) is 41.5 Å². The average molecular weight is 376 g/mol. The number of nitrogens with one attached hydrogen (secondary N) is 1. The van der Waals surface area contributed by atoms with Crippen LogP contribution in [-0.2, 0) is 14.4 Å². The first-order valence-electron chi connectivity index (χ1n) is 9.56. The van der Waals surface area contributed by atoms with Crippen LogP contribution in [0, 0.1) is 22.7 Å². The number of rotatable bonds is 6. The van der Waals surface area contributed by atoms with Gasteiger partial charge in [-0.2, -0.15) is 0 Å². The maximum Gasteiger partial charge on any atom is 0.237 e. The van der Waals surface area contributed by atoms with Gasteiger partial charge in [0.05, 0.1) is 11.8 Å². The third kappa shape index (κ3) is 5.14. The molecule has 3 unspecified atom stereocenters. The molecular weight excluding hydrogens is 342 g/mol. The second-order valence-electron chi connectivity index (χ2n) is 9.88. The van der Waals surface area contributed by atoms with E-state index in [4.69, 9.17) is 5.73 Å². The molecule has 2 amide bonds. The van der Waals surface area contributed by atoms with Gasteiger partial charge in [0.15, 0.2) is 5.78 Å². The molecule has 1 aliphatic heterocycles.